The number of Topliss-reactive ketones (excluding diaryl/α,β-unsaturated/α-hetero) is 1. The van der Waals surface area contributed by atoms with Crippen molar-refractivity contribution in [3.8, 4) is 0 Å². The van der Waals surface area contributed by atoms with Gasteiger partial charge in [0, 0.05) is 29.3 Å². The largest absolute Gasteiger partial charge is 0.337 e. The molecular weight excluding hydrogens is 256 g/mol. The summed E-state index contributed by atoms with van der Waals surface area (Å²) >= 11 is 5.03. The molecular formula is C15H16N2OS. The average Bonchev–Trinajstić information content (AvgIpc) is 2.80. The van der Waals surface area contributed by atoms with E-state index in [1.807, 2.05) is 24.4 Å². The summed E-state index contributed by atoms with van der Waals surface area (Å²) in [4.78, 5) is 18.8. The lowest BCUT2D eigenvalue weighted by Crippen LogP contribution is -2.35. The van der Waals surface area contributed by atoms with Gasteiger partial charge in [0.25, 0.3) is 0 Å². The predicted octanol–water partition coefficient (Wildman–Crippen LogP) is 3.45. The Morgan fingerprint density at radius 1 is 1.37 bits per heavy atom. The molecule has 19 heavy (non-hydrogen) atoms. The molecule has 1 aromatic heterocycles. The smallest absolute Gasteiger partial charge is 0.174 e. The molecule has 0 aliphatic heterocycles. The van der Waals surface area contributed by atoms with Crippen molar-refractivity contribution in [1.29, 1.82) is 0 Å². The van der Waals surface area contributed by atoms with Crippen LogP contribution in [0.5, 0.6) is 0 Å². The number of aromatic amines is 2. The van der Waals surface area contributed by atoms with E-state index in [-0.39, 0.29) is 11.2 Å². The number of rotatable bonds is 2. The maximum absolute atomic E-state index is 12.7. The number of benzene rings is 1. The first kappa shape index (κ1) is 12.4. The zero-order valence-electron chi connectivity index (χ0n) is 10.8. The lowest BCUT2D eigenvalue weighted by molar-refractivity contribution is 0.0783. The van der Waals surface area contributed by atoms with Gasteiger partial charge in [-0.25, -0.2) is 0 Å². The summed E-state index contributed by atoms with van der Waals surface area (Å²) in [7, 11) is 0. The van der Waals surface area contributed by atoms with Crippen LogP contribution >= 0.6 is 12.2 Å². The Hall–Kier alpha value is -1.68. The summed E-state index contributed by atoms with van der Waals surface area (Å²) in [6.07, 6.45) is 4.41. The van der Waals surface area contributed by atoms with E-state index < -0.39 is 0 Å². The van der Waals surface area contributed by atoms with E-state index in [2.05, 4.69) is 23.0 Å². The monoisotopic (exact) mass is 272 g/mol. The van der Waals surface area contributed by atoms with E-state index in [4.69, 9.17) is 12.2 Å². The molecule has 1 unspecified atom stereocenters. The van der Waals surface area contributed by atoms with E-state index in [1.165, 1.54) is 5.56 Å². The van der Waals surface area contributed by atoms with Gasteiger partial charge >= 0.3 is 0 Å². The molecule has 0 radical (unpaired) electrons. The average molecular weight is 272 g/mol. The van der Waals surface area contributed by atoms with Gasteiger partial charge in [0.1, 0.15) is 0 Å². The molecule has 3 nitrogen and oxygen atoms in total. The molecule has 0 fully saturated rings. The van der Waals surface area contributed by atoms with Crippen LogP contribution in [-0.2, 0) is 12.8 Å². The molecule has 0 spiro atoms. The Kier molecular flexibility index (Phi) is 2.90. The second-order valence-corrected chi connectivity index (χ2v) is 5.90. The predicted molar refractivity (Wildman–Crippen MR) is 76.9 cm³/mol. The van der Waals surface area contributed by atoms with Gasteiger partial charge in [-0.3, -0.25) is 4.79 Å². The maximum atomic E-state index is 12.7. The fourth-order valence-corrected chi connectivity index (χ4v) is 3.05. The fourth-order valence-electron chi connectivity index (χ4n) is 2.86. The first-order valence-corrected chi connectivity index (χ1v) is 6.89. The molecule has 2 N–H and O–H groups in total. The molecule has 1 aliphatic rings. The van der Waals surface area contributed by atoms with Crippen molar-refractivity contribution < 1.29 is 4.79 Å². The Bertz CT molecular complexity index is 685. The third-order valence-corrected chi connectivity index (χ3v) is 4.21. The second-order valence-electron chi connectivity index (χ2n) is 5.49. The Labute approximate surface area is 117 Å². The van der Waals surface area contributed by atoms with Crippen LogP contribution in [0.4, 0.5) is 0 Å². The molecule has 0 saturated heterocycles. The summed E-state index contributed by atoms with van der Waals surface area (Å²) in [6, 6.07) is 7.93. The van der Waals surface area contributed by atoms with Gasteiger partial charge < -0.3 is 9.97 Å². The molecule has 0 amide bonds. The van der Waals surface area contributed by atoms with Gasteiger partial charge in [0.05, 0.1) is 0 Å². The molecule has 1 aromatic carbocycles. The van der Waals surface area contributed by atoms with Crippen molar-refractivity contribution >= 4 is 18.0 Å². The Morgan fingerprint density at radius 2 is 2.16 bits per heavy atom. The van der Waals surface area contributed by atoms with Crippen molar-refractivity contribution in [3.05, 3.63) is 52.1 Å². The number of hydrogen-bond donors (Lipinski definition) is 2. The number of nitrogens with one attached hydrogen (secondary N) is 2. The third kappa shape index (κ3) is 2.16. The van der Waals surface area contributed by atoms with Gasteiger partial charge in [-0.2, -0.15) is 0 Å². The Morgan fingerprint density at radius 3 is 2.89 bits per heavy atom. The minimum Gasteiger partial charge on any atom is -0.337 e. The van der Waals surface area contributed by atoms with Crippen molar-refractivity contribution in [1.82, 2.24) is 9.97 Å². The summed E-state index contributed by atoms with van der Waals surface area (Å²) < 4.78 is 0.613. The van der Waals surface area contributed by atoms with Crippen molar-refractivity contribution in [2.75, 3.05) is 0 Å². The van der Waals surface area contributed by atoms with Crippen molar-refractivity contribution in [3.63, 3.8) is 0 Å². The van der Waals surface area contributed by atoms with Crippen LogP contribution < -0.4 is 0 Å². The highest BCUT2D eigenvalue weighted by Gasteiger charge is 2.38. The van der Waals surface area contributed by atoms with E-state index in [0.29, 0.717) is 11.2 Å². The first-order chi connectivity index (χ1) is 9.08. The van der Waals surface area contributed by atoms with Crippen LogP contribution in [0.2, 0.25) is 0 Å². The summed E-state index contributed by atoms with van der Waals surface area (Å²) in [5, 5.41) is 0. The third-order valence-electron chi connectivity index (χ3n) is 3.99. The van der Waals surface area contributed by atoms with Crippen LogP contribution in [0.3, 0.4) is 0 Å². The number of carbonyl (C=O) groups is 1. The zero-order valence-corrected chi connectivity index (χ0v) is 11.6. The zero-order chi connectivity index (χ0) is 13.5. The van der Waals surface area contributed by atoms with Gasteiger partial charge in [-0.1, -0.05) is 31.2 Å². The van der Waals surface area contributed by atoms with E-state index in [9.17, 15) is 4.79 Å². The minimum atomic E-state index is -0.338. The van der Waals surface area contributed by atoms with Gasteiger partial charge in [-0.15, -0.1) is 0 Å². The van der Waals surface area contributed by atoms with Gasteiger partial charge in [0.15, 0.2) is 10.6 Å². The topological polar surface area (TPSA) is 48.6 Å². The van der Waals surface area contributed by atoms with E-state index >= 15 is 0 Å². The molecule has 4 heteroatoms. The van der Waals surface area contributed by atoms with Crippen molar-refractivity contribution in [2.24, 2.45) is 5.41 Å². The van der Waals surface area contributed by atoms with E-state index in [0.717, 1.165) is 24.1 Å². The lowest BCUT2D eigenvalue weighted by atomic mass is 9.69. The maximum Gasteiger partial charge on any atom is 0.174 e. The van der Waals surface area contributed by atoms with Crippen LogP contribution in [0, 0.1) is 10.2 Å². The second kappa shape index (κ2) is 4.46. The van der Waals surface area contributed by atoms with Crippen LogP contribution in [0.1, 0.15) is 35.0 Å². The minimum absolute atomic E-state index is 0.245. The van der Waals surface area contributed by atoms with Gasteiger partial charge in [0.2, 0.25) is 0 Å². The number of imidazole rings is 1. The molecule has 2 aromatic rings. The number of hydrogen-bond acceptors (Lipinski definition) is 2. The van der Waals surface area contributed by atoms with Crippen LogP contribution in [0.25, 0.3) is 0 Å². The number of H-pyrrole nitrogens is 2. The molecule has 0 bridgehead atoms. The molecule has 1 heterocycles. The lowest BCUT2D eigenvalue weighted by Gasteiger charge is -2.32. The number of aromatic nitrogens is 2. The molecule has 0 saturated carbocycles. The molecule has 1 aliphatic carbocycles. The quantitative estimate of drug-likeness (QED) is 0.823. The highest BCUT2D eigenvalue weighted by molar-refractivity contribution is 7.71. The molecule has 98 valence electrons. The summed E-state index contributed by atoms with van der Waals surface area (Å²) in [6.45, 7) is 2.05. The SMILES string of the molecule is CC1(Cc2c[nH]c(=S)[nH]2)CCc2ccccc2C1=O. The number of aryl methyl sites for hydroxylation is 1. The van der Waals surface area contributed by atoms with Gasteiger partial charge in [-0.05, 0) is 30.6 Å². The highest BCUT2D eigenvalue weighted by Crippen LogP contribution is 2.37. The Balaban J connectivity index is 1.94. The van der Waals surface area contributed by atoms with Crippen LogP contribution in [0.15, 0.2) is 30.5 Å². The van der Waals surface area contributed by atoms with E-state index in [1.54, 1.807) is 0 Å². The molecule has 3 rings (SSSR count). The van der Waals surface area contributed by atoms with Crippen molar-refractivity contribution in [2.45, 2.75) is 26.2 Å². The standard InChI is InChI=1S/C15H16N2OS/c1-15(8-11-9-16-14(19)17-11)7-6-10-4-2-3-5-12(10)13(15)18/h2-5,9H,6-8H2,1H3,(H2,16,17,19). The number of carbonyl (C=O) groups excluding carboxylic acids is 1. The summed E-state index contributed by atoms with van der Waals surface area (Å²) in [5.74, 6) is 0.245. The molecule has 1 atom stereocenters. The number of fused-ring (bicyclic) bond motifs is 1. The summed E-state index contributed by atoms with van der Waals surface area (Å²) in [5.41, 5.74) is 2.71. The van der Waals surface area contributed by atoms with Crippen LogP contribution in [-0.4, -0.2) is 15.8 Å². The number of ketones is 1. The highest BCUT2D eigenvalue weighted by atomic mass is 32.1. The fraction of sp³-hybridized carbons (Fsp3) is 0.333. The normalized spacial score (nSPS) is 22.3. The first-order valence-electron chi connectivity index (χ1n) is 6.48.